The van der Waals surface area contributed by atoms with Crippen LogP contribution in [0.15, 0.2) is 89.8 Å². The highest BCUT2D eigenvalue weighted by Gasteiger charge is 2.30. The smallest absolute Gasteiger partial charge is 0.416 e. The summed E-state index contributed by atoms with van der Waals surface area (Å²) < 4.78 is 45.3. The summed E-state index contributed by atoms with van der Waals surface area (Å²) in [5, 5.41) is 2.78. The van der Waals surface area contributed by atoms with E-state index < -0.39 is 11.7 Å². The minimum atomic E-state index is -4.42. The third kappa shape index (κ3) is 6.57. The molecule has 9 heteroatoms. The van der Waals surface area contributed by atoms with Crippen LogP contribution in [0.5, 0.6) is 0 Å². The highest BCUT2D eigenvalue weighted by Crippen LogP contribution is 2.31. The molecule has 0 saturated carbocycles. The number of rotatable bonds is 9. The molecule has 0 radical (unpaired) electrons. The van der Waals surface area contributed by atoms with Gasteiger partial charge in [-0.05, 0) is 41.8 Å². The molecule has 0 aliphatic heterocycles. The molecule has 2 aromatic carbocycles. The van der Waals surface area contributed by atoms with Gasteiger partial charge >= 0.3 is 6.18 Å². The van der Waals surface area contributed by atoms with E-state index in [1.54, 1.807) is 30.6 Å². The molecular formula is C27H25F3N4O2. The molecule has 1 amide bonds. The quantitative estimate of drug-likeness (QED) is 0.319. The summed E-state index contributed by atoms with van der Waals surface area (Å²) in [6.07, 6.45) is 0.144. The minimum Gasteiger partial charge on any atom is -0.447 e. The van der Waals surface area contributed by atoms with Gasteiger partial charge in [-0.15, -0.1) is 0 Å². The summed E-state index contributed by atoms with van der Waals surface area (Å²) in [7, 11) is 0. The number of halogens is 3. The van der Waals surface area contributed by atoms with E-state index in [4.69, 9.17) is 4.42 Å². The summed E-state index contributed by atoms with van der Waals surface area (Å²) >= 11 is 0. The van der Waals surface area contributed by atoms with Crippen LogP contribution in [0.25, 0.3) is 0 Å². The maximum atomic E-state index is 13.2. The number of alkyl halides is 3. The predicted octanol–water partition coefficient (Wildman–Crippen LogP) is 5.78. The molecule has 0 spiro atoms. The summed E-state index contributed by atoms with van der Waals surface area (Å²) in [5.41, 5.74) is 1.83. The number of carbonyl (C=O) groups excluding carboxylic acids is 1. The monoisotopic (exact) mass is 494 g/mol. The van der Waals surface area contributed by atoms with Crippen LogP contribution in [-0.2, 0) is 25.8 Å². The van der Waals surface area contributed by atoms with Crippen LogP contribution in [0.2, 0.25) is 0 Å². The van der Waals surface area contributed by atoms with Crippen LogP contribution in [0, 0.1) is 0 Å². The van der Waals surface area contributed by atoms with Gasteiger partial charge in [0.25, 0.3) is 5.91 Å². The van der Waals surface area contributed by atoms with Crippen molar-refractivity contribution in [3.8, 4) is 0 Å². The van der Waals surface area contributed by atoms with Crippen molar-refractivity contribution in [3.05, 3.63) is 119 Å². The molecule has 1 atom stereocenters. The minimum absolute atomic E-state index is 0.130. The first kappa shape index (κ1) is 25.1. The van der Waals surface area contributed by atoms with Gasteiger partial charge in [0.2, 0.25) is 5.89 Å². The molecule has 1 N–H and O–H groups in total. The number of nitrogens with one attached hydrogen (secondary N) is 1. The number of pyridine rings is 1. The molecule has 2 heterocycles. The maximum absolute atomic E-state index is 13.2. The van der Waals surface area contributed by atoms with Crippen molar-refractivity contribution in [1.82, 2.24) is 20.2 Å². The van der Waals surface area contributed by atoms with Crippen LogP contribution in [-0.4, -0.2) is 20.8 Å². The summed E-state index contributed by atoms with van der Waals surface area (Å²) in [6, 6.07) is 18.3. The summed E-state index contributed by atoms with van der Waals surface area (Å²) in [4.78, 5) is 22.7. The zero-order valence-electron chi connectivity index (χ0n) is 19.6. The van der Waals surface area contributed by atoms with Crippen LogP contribution < -0.4 is 5.32 Å². The largest absolute Gasteiger partial charge is 0.447 e. The second-order valence-electron chi connectivity index (χ2n) is 8.35. The standard InChI is InChI=1S/C27H25F3N4O2/c1-19(22-7-3-2-4-8-22)34(16-21-6-5-9-23(14-21)27(28,29)30)17-25-33-24(18-36-25)26(35)32-15-20-10-12-31-13-11-20/h2-14,18-19H,15-17H2,1H3,(H,32,35)/t19-/m0/s1. The van der Waals surface area contributed by atoms with E-state index in [0.29, 0.717) is 18.0 Å². The predicted molar refractivity (Wildman–Crippen MR) is 127 cm³/mol. The van der Waals surface area contributed by atoms with E-state index >= 15 is 0 Å². The van der Waals surface area contributed by atoms with E-state index in [9.17, 15) is 18.0 Å². The number of hydrogen-bond acceptors (Lipinski definition) is 5. The number of amides is 1. The van der Waals surface area contributed by atoms with Crippen LogP contribution in [0.4, 0.5) is 13.2 Å². The molecule has 4 rings (SSSR count). The molecule has 2 aromatic heterocycles. The van der Waals surface area contributed by atoms with Gasteiger partial charge in [0.1, 0.15) is 6.26 Å². The van der Waals surface area contributed by atoms with Gasteiger partial charge in [-0.25, -0.2) is 4.98 Å². The number of hydrogen-bond donors (Lipinski definition) is 1. The van der Waals surface area contributed by atoms with Crippen LogP contribution >= 0.6 is 0 Å². The topological polar surface area (TPSA) is 71.3 Å². The maximum Gasteiger partial charge on any atom is 0.416 e. The first-order valence-electron chi connectivity index (χ1n) is 11.4. The first-order chi connectivity index (χ1) is 17.3. The third-order valence-corrected chi connectivity index (χ3v) is 5.79. The van der Waals surface area contributed by atoms with Gasteiger partial charge in [0, 0.05) is 31.5 Å². The van der Waals surface area contributed by atoms with E-state index in [2.05, 4.69) is 15.3 Å². The van der Waals surface area contributed by atoms with Crippen molar-refractivity contribution in [1.29, 1.82) is 0 Å². The first-order valence-corrected chi connectivity index (χ1v) is 11.4. The van der Waals surface area contributed by atoms with E-state index in [0.717, 1.165) is 23.3 Å². The summed E-state index contributed by atoms with van der Waals surface area (Å²) in [6.45, 7) is 2.71. The number of carbonyl (C=O) groups is 1. The average Bonchev–Trinajstić information content (AvgIpc) is 3.36. The number of nitrogens with zero attached hydrogens (tertiary/aromatic N) is 3. The zero-order valence-corrected chi connectivity index (χ0v) is 19.6. The Morgan fingerprint density at radius 3 is 2.47 bits per heavy atom. The number of aromatic nitrogens is 2. The second-order valence-corrected chi connectivity index (χ2v) is 8.35. The fraction of sp³-hybridized carbons (Fsp3) is 0.222. The Kier molecular flexibility index (Phi) is 7.80. The lowest BCUT2D eigenvalue weighted by Gasteiger charge is -2.28. The van der Waals surface area contributed by atoms with Gasteiger partial charge in [0.15, 0.2) is 5.69 Å². The molecule has 0 saturated heterocycles. The summed E-state index contributed by atoms with van der Waals surface area (Å²) in [5.74, 6) is -0.0961. The fourth-order valence-electron chi connectivity index (χ4n) is 3.79. The van der Waals surface area contributed by atoms with Gasteiger partial charge in [-0.2, -0.15) is 13.2 Å². The molecule has 0 fully saturated rings. The SMILES string of the molecule is C[C@@H](c1ccccc1)N(Cc1cccc(C(F)(F)F)c1)Cc1nc(C(=O)NCc2ccncc2)co1. The Labute approximate surface area is 206 Å². The van der Waals surface area contributed by atoms with E-state index in [-0.39, 0.29) is 30.7 Å². The number of benzene rings is 2. The van der Waals surface area contributed by atoms with E-state index in [1.165, 1.54) is 12.3 Å². The molecule has 6 nitrogen and oxygen atoms in total. The van der Waals surface area contributed by atoms with Crippen molar-refractivity contribution in [2.75, 3.05) is 0 Å². The zero-order chi connectivity index (χ0) is 25.5. The van der Waals surface area contributed by atoms with Gasteiger partial charge < -0.3 is 9.73 Å². The van der Waals surface area contributed by atoms with Crippen molar-refractivity contribution >= 4 is 5.91 Å². The lowest BCUT2D eigenvalue weighted by Crippen LogP contribution is -2.27. The Bertz CT molecular complexity index is 1280. The molecule has 0 bridgehead atoms. The van der Waals surface area contributed by atoms with Crippen molar-refractivity contribution < 1.29 is 22.4 Å². The Hall–Kier alpha value is -3.98. The van der Waals surface area contributed by atoms with Gasteiger partial charge in [-0.3, -0.25) is 14.7 Å². The van der Waals surface area contributed by atoms with Gasteiger partial charge in [0.05, 0.1) is 12.1 Å². The molecule has 4 aromatic rings. The molecule has 0 unspecified atom stereocenters. The highest BCUT2D eigenvalue weighted by molar-refractivity contribution is 5.91. The van der Waals surface area contributed by atoms with Gasteiger partial charge in [-0.1, -0.05) is 48.5 Å². The molecular weight excluding hydrogens is 469 g/mol. The normalized spacial score (nSPS) is 12.5. The Balaban J connectivity index is 1.51. The Morgan fingerprint density at radius 2 is 1.75 bits per heavy atom. The van der Waals surface area contributed by atoms with Crippen molar-refractivity contribution in [3.63, 3.8) is 0 Å². The highest BCUT2D eigenvalue weighted by atomic mass is 19.4. The number of oxazole rings is 1. The molecule has 0 aliphatic rings. The van der Waals surface area contributed by atoms with Crippen LogP contribution in [0.3, 0.4) is 0 Å². The van der Waals surface area contributed by atoms with Crippen molar-refractivity contribution in [2.45, 2.75) is 38.8 Å². The molecule has 36 heavy (non-hydrogen) atoms. The van der Waals surface area contributed by atoms with Crippen LogP contribution in [0.1, 0.15) is 51.6 Å². The molecule has 186 valence electrons. The van der Waals surface area contributed by atoms with Crippen molar-refractivity contribution in [2.24, 2.45) is 0 Å². The third-order valence-electron chi connectivity index (χ3n) is 5.79. The Morgan fingerprint density at radius 1 is 1.00 bits per heavy atom. The average molecular weight is 495 g/mol. The second kappa shape index (κ2) is 11.2. The molecule has 0 aliphatic carbocycles. The lowest BCUT2D eigenvalue weighted by atomic mass is 10.0. The fourth-order valence-corrected chi connectivity index (χ4v) is 3.79. The van der Waals surface area contributed by atoms with E-state index in [1.807, 2.05) is 42.2 Å². The lowest BCUT2D eigenvalue weighted by molar-refractivity contribution is -0.137.